The molecule has 122 valence electrons. The molecule has 0 aliphatic heterocycles. The smallest absolute Gasteiger partial charge is 0.308 e. The maximum atomic E-state index is 12.2. The molecule has 0 aliphatic rings. The number of carbonyl (C=O) groups is 1. The van der Waals surface area contributed by atoms with Crippen LogP contribution in [-0.2, 0) is 16.6 Å². The summed E-state index contributed by atoms with van der Waals surface area (Å²) in [4.78, 5) is 15.9. The van der Waals surface area contributed by atoms with E-state index in [2.05, 4.69) is 15.6 Å². The van der Waals surface area contributed by atoms with Crippen LogP contribution in [0.15, 0.2) is 48.8 Å². The standard InChI is InChI=1S/C17H21N3O2S/c1-17(2,3)23(22)12-13-6-4-7-14(10-13)19-16(21)20-15-8-5-9-18-11-15/h4-11H,12H2,1-3H3,(H2,19,20,21)/t23-/m1/s1. The lowest BCUT2D eigenvalue weighted by atomic mass is 10.2. The summed E-state index contributed by atoms with van der Waals surface area (Å²) in [5.41, 5.74) is 2.21. The summed E-state index contributed by atoms with van der Waals surface area (Å²) in [5, 5.41) is 5.47. The zero-order valence-electron chi connectivity index (χ0n) is 13.5. The number of carbonyl (C=O) groups excluding carboxylic acids is 1. The highest BCUT2D eigenvalue weighted by Gasteiger charge is 2.19. The number of amides is 2. The van der Waals surface area contributed by atoms with Gasteiger partial charge in [0.2, 0.25) is 0 Å². The molecule has 1 atom stereocenters. The molecule has 0 spiro atoms. The number of urea groups is 1. The molecule has 0 bridgehead atoms. The van der Waals surface area contributed by atoms with Gasteiger partial charge in [0, 0.05) is 33.2 Å². The number of hydrogen-bond donors (Lipinski definition) is 2. The summed E-state index contributed by atoms with van der Waals surface area (Å²) in [6.07, 6.45) is 3.21. The topological polar surface area (TPSA) is 71.1 Å². The molecule has 2 aromatic rings. The van der Waals surface area contributed by atoms with E-state index in [4.69, 9.17) is 0 Å². The van der Waals surface area contributed by atoms with Gasteiger partial charge in [-0.05, 0) is 50.6 Å². The average molecular weight is 331 g/mol. The van der Waals surface area contributed by atoms with Crippen molar-refractivity contribution in [2.75, 3.05) is 10.6 Å². The molecule has 5 nitrogen and oxygen atoms in total. The fraction of sp³-hybridized carbons (Fsp3) is 0.294. The van der Waals surface area contributed by atoms with Crippen LogP contribution >= 0.6 is 0 Å². The molecular weight excluding hydrogens is 310 g/mol. The number of pyridine rings is 1. The Labute approximate surface area is 139 Å². The van der Waals surface area contributed by atoms with E-state index in [-0.39, 0.29) is 10.8 Å². The first kappa shape index (κ1) is 17.1. The second kappa shape index (κ2) is 7.37. The van der Waals surface area contributed by atoms with Crippen LogP contribution in [0.4, 0.5) is 16.2 Å². The van der Waals surface area contributed by atoms with Gasteiger partial charge in [0.1, 0.15) is 0 Å². The molecule has 0 fully saturated rings. The van der Waals surface area contributed by atoms with E-state index >= 15 is 0 Å². The average Bonchev–Trinajstić information content (AvgIpc) is 2.47. The molecule has 2 amide bonds. The predicted octanol–water partition coefficient (Wildman–Crippen LogP) is 3.77. The highest BCUT2D eigenvalue weighted by molar-refractivity contribution is 7.85. The Hall–Kier alpha value is -2.21. The highest BCUT2D eigenvalue weighted by Crippen LogP contribution is 2.19. The number of benzene rings is 1. The fourth-order valence-electron chi connectivity index (χ4n) is 1.84. The van der Waals surface area contributed by atoms with Gasteiger partial charge in [-0.25, -0.2) is 4.79 Å². The van der Waals surface area contributed by atoms with Crippen LogP contribution in [0.5, 0.6) is 0 Å². The van der Waals surface area contributed by atoms with Crippen molar-refractivity contribution in [1.82, 2.24) is 4.98 Å². The lowest BCUT2D eigenvalue weighted by molar-refractivity contribution is 0.262. The van der Waals surface area contributed by atoms with E-state index in [1.54, 1.807) is 30.6 Å². The number of anilines is 2. The maximum absolute atomic E-state index is 12.2. The summed E-state index contributed by atoms with van der Waals surface area (Å²) in [6, 6.07) is 10.6. The Morgan fingerprint density at radius 1 is 1.13 bits per heavy atom. The quantitative estimate of drug-likeness (QED) is 0.896. The van der Waals surface area contributed by atoms with Gasteiger partial charge in [-0.2, -0.15) is 0 Å². The van der Waals surface area contributed by atoms with Gasteiger partial charge >= 0.3 is 6.03 Å². The Morgan fingerprint density at radius 2 is 1.83 bits per heavy atom. The minimum absolute atomic E-state index is 0.263. The molecule has 0 saturated heterocycles. The third-order valence-corrected chi connectivity index (χ3v) is 5.05. The van der Waals surface area contributed by atoms with Crippen molar-refractivity contribution in [2.24, 2.45) is 0 Å². The van der Waals surface area contributed by atoms with Gasteiger partial charge in [0.05, 0.1) is 11.9 Å². The summed E-state index contributed by atoms with van der Waals surface area (Å²) >= 11 is 0. The van der Waals surface area contributed by atoms with Gasteiger partial charge < -0.3 is 10.6 Å². The third kappa shape index (κ3) is 5.49. The molecule has 23 heavy (non-hydrogen) atoms. The normalized spacial score (nSPS) is 12.5. The first-order valence-electron chi connectivity index (χ1n) is 7.30. The minimum Gasteiger partial charge on any atom is -0.308 e. The number of nitrogens with one attached hydrogen (secondary N) is 2. The summed E-state index contributed by atoms with van der Waals surface area (Å²) < 4.78 is 12.0. The SMILES string of the molecule is CC(C)(C)[S@](=O)Cc1cccc(NC(=O)Nc2cccnc2)c1. The van der Waals surface area contributed by atoms with Crippen LogP contribution in [0.25, 0.3) is 0 Å². The van der Waals surface area contributed by atoms with Crippen LogP contribution in [0, 0.1) is 0 Å². The van der Waals surface area contributed by atoms with E-state index in [9.17, 15) is 9.00 Å². The zero-order valence-corrected chi connectivity index (χ0v) is 14.3. The summed E-state index contributed by atoms with van der Waals surface area (Å²) in [5.74, 6) is 0.462. The van der Waals surface area contributed by atoms with Crippen molar-refractivity contribution in [3.63, 3.8) is 0 Å². The highest BCUT2D eigenvalue weighted by atomic mass is 32.2. The third-order valence-electron chi connectivity index (χ3n) is 3.09. The largest absolute Gasteiger partial charge is 0.323 e. The zero-order chi connectivity index (χ0) is 16.9. The molecule has 0 unspecified atom stereocenters. The van der Waals surface area contributed by atoms with Gasteiger partial charge in [0.25, 0.3) is 0 Å². The van der Waals surface area contributed by atoms with Crippen molar-refractivity contribution < 1.29 is 9.00 Å². The van der Waals surface area contributed by atoms with Crippen LogP contribution in [-0.4, -0.2) is 20.0 Å². The van der Waals surface area contributed by atoms with Crippen molar-refractivity contribution in [3.8, 4) is 0 Å². The van der Waals surface area contributed by atoms with E-state index in [1.807, 2.05) is 39.0 Å². The van der Waals surface area contributed by atoms with E-state index in [1.165, 1.54) is 0 Å². The summed E-state index contributed by atoms with van der Waals surface area (Å²) in [7, 11) is -0.977. The molecule has 6 heteroatoms. The summed E-state index contributed by atoms with van der Waals surface area (Å²) in [6.45, 7) is 5.85. The van der Waals surface area contributed by atoms with Crippen molar-refractivity contribution in [2.45, 2.75) is 31.3 Å². The monoisotopic (exact) mass is 331 g/mol. The van der Waals surface area contributed by atoms with Gasteiger partial charge in [0.15, 0.2) is 0 Å². The molecular formula is C17H21N3O2S. The van der Waals surface area contributed by atoms with Gasteiger partial charge in [-0.3, -0.25) is 9.19 Å². The van der Waals surface area contributed by atoms with E-state index in [0.29, 0.717) is 17.1 Å². The molecule has 2 N–H and O–H groups in total. The van der Waals surface area contributed by atoms with Crippen molar-refractivity contribution in [1.29, 1.82) is 0 Å². The molecule has 2 rings (SSSR count). The molecule has 1 aromatic carbocycles. The molecule has 0 aliphatic carbocycles. The van der Waals surface area contributed by atoms with Crippen molar-refractivity contribution in [3.05, 3.63) is 54.4 Å². The minimum atomic E-state index is -0.977. The number of hydrogen-bond acceptors (Lipinski definition) is 3. The Balaban J connectivity index is 2.00. The van der Waals surface area contributed by atoms with Crippen LogP contribution < -0.4 is 10.6 Å². The first-order valence-corrected chi connectivity index (χ1v) is 8.62. The van der Waals surface area contributed by atoms with Crippen molar-refractivity contribution >= 4 is 28.2 Å². The van der Waals surface area contributed by atoms with Gasteiger partial charge in [-0.1, -0.05) is 12.1 Å². The van der Waals surface area contributed by atoms with Crippen LogP contribution in [0.3, 0.4) is 0 Å². The van der Waals surface area contributed by atoms with E-state index in [0.717, 1.165) is 5.56 Å². The molecule has 0 saturated carbocycles. The second-order valence-electron chi connectivity index (χ2n) is 6.12. The Bertz CT molecular complexity index is 696. The molecule has 1 aromatic heterocycles. The van der Waals surface area contributed by atoms with Crippen LogP contribution in [0.2, 0.25) is 0 Å². The number of nitrogens with zero attached hydrogens (tertiary/aromatic N) is 1. The fourth-order valence-corrected chi connectivity index (χ4v) is 2.75. The first-order chi connectivity index (χ1) is 10.8. The lowest BCUT2D eigenvalue weighted by Gasteiger charge is -2.18. The number of aromatic nitrogens is 1. The van der Waals surface area contributed by atoms with E-state index < -0.39 is 10.8 Å². The lowest BCUT2D eigenvalue weighted by Crippen LogP contribution is -2.23. The maximum Gasteiger partial charge on any atom is 0.323 e. The Morgan fingerprint density at radius 3 is 2.48 bits per heavy atom. The molecule has 1 heterocycles. The van der Waals surface area contributed by atoms with Gasteiger partial charge in [-0.15, -0.1) is 0 Å². The second-order valence-corrected chi connectivity index (χ2v) is 8.33. The van der Waals surface area contributed by atoms with Crippen LogP contribution in [0.1, 0.15) is 26.3 Å². The number of rotatable bonds is 4. The predicted molar refractivity (Wildman–Crippen MR) is 94.9 cm³/mol. The molecule has 0 radical (unpaired) electrons. The Kier molecular flexibility index (Phi) is 5.50.